The van der Waals surface area contributed by atoms with Gasteiger partial charge in [-0.3, -0.25) is 9.59 Å². The van der Waals surface area contributed by atoms with Gasteiger partial charge in [-0.1, -0.05) is 59.8 Å². The summed E-state index contributed by atoms with van der Waals surface area (Å²) >= 11 is 0. The molecule has 0 fully saturated rings. The number of aromatic nitrogens is 1. The van der Waals surface area contributed by atoms with Crippen molar-refractivity contribution in [3.05, 3.63) is 114 Å². The number of para-hydroxylation sites is 1. The molecule has 0 aliphatic rings. The lowest BCUT2D eigenvalue weighted by Gasteiger charge is -2.09. The minimum Gasteiger partial charge on any atom is -0.321 e. The zero-order valence-electron chi connectivity index (χ0n) is 17.9. The lowest BCUT2D eigenvalue weighted by molar-refractivity contribution is -0.128. The van der Waals surface area contributed by atoms with Gasteiger partial charge in [-0.25, -0.2) is 0 Å². The zero-order valence-corrected chi connectivity index (χ0v) is 17.9. The predicted octanol–water partition coefficient (Wildman–Crippen LogP) is 5.91. The molecule has 1 heterocycles. The topological polar surface area (TPSA) is 60.7 Å². The van der Waals surface area contributed by atoms with E-state index < -0.39 is 0 Å². The Kier molecular flexibility index (Phi) is 5.29. The molecule has 0 radical (unpaired) electrons. The predicted molar refractivity (Wildman–Crippen MR) is 130 cm³/mol. The lowest BCUT2D eigenvalue weighted by atomic mass is 10.0. The summed E-state index contributed by atoms with van der Waals surface area (Å²) in [5, 5.41) is 5.99. The van der Waals surface area contributed by atoms with Crippen LogP contribution in [0.5, 0.6) is 0 Å². The molecule has 0 atom stereocenters. The van der Waals surface area contributed by atoms with E-state index in [9.17, 15) is 9.59 Å². The summed E-state index contributed by atoms with van der Waals surface area (Å²) in [4.78, 5) is 27.8. The molecule has 0 saturated carbocycles. The van der Waals surface area contributed by atoms with Crippen molar-refractivity contribution in [2.75, 3.05) is 0 Å². The molecule has 0 unspecified atom stereocenters. The van der Waals surface area contributed by atoms with Gasteiger partial charge in [-0.05, 0) is 55.0 Å². The third-order valence-electron chi connectivity index (χ3n) is 5.75. The summed E-state index contributed by atoms with van der Waals surface area (Å²) in [6, 6.07) is 31.2. The second-order valence-electron chi connectivity index (χ2n) is 7.70. The monoisotopic (exact) mass is 432 g/mol. The largest absolute Gasteiger partial charge is 0.323 e. The van der Waals surface area contributed by atoms with Gasteiger partial charge in [0.1, 0.15) is 0 Å². The number of fused-ring (bicyclic) bond motifs is 3. The van der Waals surface area contributed by atoms with Crippen molar-refractivity contribution in [2.45, 2.75) is 6.92 Å². The van der Waals surface area contributed by atoms with Gasteiger partial charge in [-0.15, -0.1) is 0 Å². The second-order valence-corrected chi connectivity index (χ2v) is 7.70. The Morgan fingerprint density at radius 3 is 2.15 bits per heavy atom. The van der Waals surface area contributed by atoms with E-state index in [-0.39, 0.29) is 5.78 Å². The Bertz CT molecular complexity index is 1510. The molecule has 4 aromatic carbocycles. The Morgan fingerprint density at radius 1 is 0.758 bits per heavy atom. The number of oxime groups is 1. The molecule has 5 heteroatoms. The van der Waals surface area contributed by atoms with E-state index in [1.807, 2.05) is 78.9 Å². The summed E-state index contributed by atoms with van der Waals surface area (Å²) in [5.41, 5.74) is 5.87. The van der Waals surface area contributed by atoms with E-state index in [1.165, 1.54) is 0 Å². The van der Waals surface area contributed by atoms with Crippen molar-refractivity contribution < 1.29 is 14.4 Å². The highest BCUT2D eigenvalue weighted by Gasteiger charge is 2.14. The third-order valence-corrected chi connectivity index (χ3v) is 5.75. The summed E-state index contributed by atoms with van der Waals surface area (Å²) in [5.74, 6) is 0.00122. The molecular formula is C28H20N2O3. The van der Waals surface area contributed by atoms with Crippen LogP contribution >= 0.6 is 0 Å². The first-order chi connectivity index (χ1) is 16.2. The number of rotatable bonds is 6. The van der Waals surface area contributed by atoms with E-state index in [4.69, 9.17) is 0 Å². The quantitative estimate of drug-likeness (QED) is 0.110. The normalized spacial score (nSPS) is 11.6. The summed E-state index contributed by atoms with van der Waals surface area (Å²) in [6.07, 6.45) is 0. The smallest absolute Gasteiger partial charge is 0.321 e. The highest BCUT2D eigenvalue weighted by atomic mass is 16.7. The molecule has 33 heavy (non-hydrogen) atoms. The molecular weight excluding hydrogens is 412 g/mol. The van der Waals surface area contributed by atoms with Crippen LogP contribution in [0.1, 0.15) is 28.4 Å². The molecule has 5 aromatic rings. The average molecular weight is 432 g/mol. The minimum atomic E-state index is 0.00122. The highest BCUT2D eigenvalue weighted by molar-refractivity contribution is 6.12. The molecule has 0 N–H and O–H groups in total. The Hall–Kier alpha value is -4.51. The first kappa shape index (κ1) is 20.4. The van der Waals surface area contributed by atoms with Crippen LogP contribution in [-0.2, 0) is 9.63 Å². The van der Waals surface area contributed by atoms with Gasteiger partial charge in [0.25, 0.3) is 0 Å². The van der Waals surface area contributed by atoms with E-state index in [2.05, 4.69) is 32.8 Å². The third kappa shape index (κ3) is 3.70. The molecule has 160 valence electrons. The molecule has 0 spiro atoms. The van der Waals surface area contributed by atoms with Crippen molar-refractivity contribution in [3.8, 4) is 5.69 Å². The molecule has 5 nitrogen and oxygen atoms in total. The molecule has 1 aromatic heterocycles. The van der Waals surface area contributed by atoms with Crippen LogP contribution in [0.3, 0.4) is 0 Å². The maximum Gasteiger partial charge on any atom is 0.323 e. The first-order valence-electron chi connectivity index (χ1n) is 10.5. The number of ketones is 1. The fourth-order valence-corrected chi connectivity index (χ4v) is 4.15. The van der Waals surface area contributed by atoms with Crippen molar-refractivity contribution >= 4 is 39.8 Å². The van der Waals surface area contributed by atoms with Gasteiger partial charge in [0.2, 0.25) is 0 Å². The minimum absolute atomic E-state index is 0.00122. The Morgan fingerprint density at radius 2 is 1.39 bits per heavy atom. The Balaban J connectivity index is 1.62. The zero-order chi connectivity index (χ0) is 22.8. The van der Waals surface area contributed by atoms with Gasteiger partial charge in [0, 0.05) is 27.6 Å². The van der Waals surface area contributed by atoms with E-state index in [0.29, 0.717) is 23.3 Å². The van der Waals surface area contributed by atoms with Crippen molar-refractivity contribution in [1.82, 2.24) is 4.57 Å². The number of nitrogens with zero attached hydrogens (tertiary/aromatic N) is 2. The van der Waals surface area contributed by atoms with E-state index in [0.717, 1.165) is 33.1 Å². The van der Waals surface area contributed by atoms with E-state index >= 15 is 0 Å². The number of hydrogen-bond acceptors (Lipinski definition) is 4. The van der Waals surface area contributed by atoms with Crippen LogP contribution in [0.15, 0.2) is 102 Å². The standard InChI is InChI=1S/C28H20N2O3/c1-19(29-33-18-31)22-13-16-27-25(17-22)24-9-5-6-10-26(24)30(27)23-14-11-21(12-15-23)28(32)20-7-3-2-4-8-20/h2-18H,1H3. The number of carbonyl (C=O) groups excluding carboxylic acids is 2. The van der Waals surface area contributed by atoms with Gasteiger partial charge in [0.05, 0.1) is 16.7 Å². The van der Waals surface area contributed by atoms with Crippen molar-refractivity contribution in [1.29, 1.82) is 0 Å². The fraction of sp³-hybridized carbons (Fsp3) is 0.0357. The molecule has 5 rings (SSSR count). The second kappa shape index (κ2) is 8.55. The fourth-order valence-electron chi connectivity index (χ4n) is 4.15. The van der Waals surface area contributed by atoms with Crippen molar-refractivity contribution in [3.63, 3.8) is 0 Å². The number of benzene rings is 4. The average Bonchev–Trinajstić information content (AvgIpc) is 3.21. The highest BCUT2D eigenvalue weighted by Crippen LogP contribution is 2.33. The number of hydrogen-bond donors (Lipinski definition) is 0. The lowest BCUT2D eigenvalue weighted by Crippen LogP contribution is -2.02. The SMILES string of the molecule is CC(=NOC=O)c1ccc2c(c1)c1ccccc1n2-c1ccc(C(=O)c2ccccc2)cc1. The van der Waals surface area contributed by atoms with Gasteiger partial charge in [-0.2, -0.15) is 0 Å². The number of carbonyl (C=O) groups is 2. The van der Waals surface area contributed by atoms with Crippen LogP contribution in [0, 0.1) is 0 Å². The van der Waals surface area contributed by atoms with Gasteiger partial charge < -0.3 is 9.40 Å². The molecule has 0 aliphatic carbocycles. The molecule has 0 amide bonds. The van der Waals surface area contributed by atoms with Crippen LogP contribution in [0.2, 0.25) is 0 Å². The van der Waals surface area contributed by atoms with Crippen molar-refractivity contribution in [2.24, 2.45) is 5.16 Å². The van der Waals surface area contributed by atoms with Gasteiger partial charge >= 0.3 is 6.47 Å². The van der Waals surface area contributed by atoms with Crippen LogP contribution in [0.25, 0.3) is 27.5 Å². The molecule has 0 aliphatic heterocycles. The first-order valence-corrected chi connectivity index (χ1v) is 10.5. The van der Waals surface area contributed by atoms with Crippen LogP contribution < -0.4 is 0 Å². The van der Waals surface area contributed by atoms with Crippen LogP contribution in [0.4, 0.5) is 0 Å². The maximum atomic E-state index is 12.8. The van der Waals surface area contributed by atoms with E-state index in [1.54, 1.807) is 6.92 Å². The summed E-state index contributed by atoms with van der Waals surface area (Å²) < 4.78 is 2.18. The summed E-state index contributed by atoms with van der Waals surface area (Å²) in [7, 11) is 0. The van der Waals surface area contributed by atoms with Gasteiger partial charge in [0.15, 0.2) is 5.78 Å². The Labute approximate surface area is 190 Å². The summed E-state index contributed by atoms with van der Waals surface area (Å²) in [6.45, 7) is 2.10. The maximum absolute atomic E-state index is 12.8. The van der Waals surface area contributed by atoms with Crippen LogP contribution in [-0.4, -0.2) is 22.5 Å². The molecule has 0 bridgehead atoms. The molecule has 0 saturated heterocycles.